The highest BCUT2D eigenvalue weighted by Crippen LogP contribution is 2.23. The quantitative estimate of drug-likeness (QED) is 0.843. The molecule has 0 amide bonds. The standard InChI is InChI=1S/C14H15NOS/c1-9-5-3-6-11(10(9)2)14(16)13(15)12-7-4-8-17-12/h3-8,13H,15H2,1-2H3. The van der Waals surface area contributed by atoms with E-state index in [1.54, 1.807) is 0 Å². The van der Waals surface area contributed by atoms with Gasteiger partial charge in [-0.05, 0) is 36.4 Å². The molecular formula is C14H15NOS. The maximum atomic E-state index is 12.3. The molecule has 0 radical (unpaired) electrons. The molecule has 2 aromatic rings. The van der Waals surface area contributed by atoms with Gasteiger partial charge < -0.3 is 5.73 Å². The lowest BCUT2D eigenvalue weighted by molar-refractivity contribution is 0.0962. The summed E-state index contributed by atoms with van der Waals surface area (Å²) >= 11 is 1.52. The number of ketones is 1. The Hall–Kier alpha value is -1.45. The second kappa shape index (κ2) is 4.82. The van der Waals surface area contributed by atoms with E-state index in [9.17, 15) is 4.79 Å². The average molecular weight is 245 g/mol. The van der Waals surface area contributed by atoms with Gasteiger partial charge in [-0.1, -0.05) is 24.3 Å². The molecule has 17 heavy (non-hydrogen) atoms. The lowest BCUT2D eigenvalue weighted by atomic mass is 9.96. The van der Waals surface area contributed by atoms with Gasteiger partial charge in [-0.15, -0.1) is 11.3 Å². The minimum absolute atomic E-state index is 0.00588. The van der Waals surface area contributed by atoms with E-state index in [-0.39, 0.29) is 5.78 Å². The van der Waals surface area contributed by atoms with Gasteiger partial charge in [0.25, 0.3) is 0 Å². The summed E-state index contributed by atoms with van der Waals surface area (Å²) < 4.78 is 0. The summed E-state index contributed by atoms with van der Waals surface area (Å²) in [6, 6.07) is 9.02. The van der Waals surface area contributed by atoms with E-state index in [4.69, 9.17) is 5.73 Å². The Bertz CT molecular complexity index is 531. The van der Waals surface area contributed by atoms with E-state index in [0.29, 0.717) is 0 Å². The molecule has 0 aliphatic rings. The Morgan fingerprint density at radius 2 is 2.00 bits per heavy atom. The topological polar surface area (TPSA) is 43.1 Å². The van der Waals surface area contributed by atoms with Crippen LogP contribution in [0.4, 0.5) is 0 Å². The zero-order valence-corrected chi connectivity index (χ0v) is 10.8. The van der Waals surface area contributed by atoms with Crippen LogP contribution < -0.4 is 5.73 Å². The Balaban J connectivity index is 2.35. The van der Waals surface area contributed by atoms with Crippen LogP contribution in [0.2, 0.25) is 0 Å². The van der Waals surface area contributed by atoms with Crippen LogP contribution in [0.1, 0.15) is 32.4 Å². The van der Waals surface area contributed by atoms with Crippen molar-refractivity contribution in [2.24, 2.45) is 5.73 Å². The van der Waals surface area contributed by atoms with Gasteiger partial charge in [-0.3, -0.25) is 4.79 Å². The van der Waals surface area contributed by atoms with Crippen LogP contribution in [0.15, 0.2) is 35.7 Å². The first-order chi connectivity index (χ1) is 8.11. The van der Waals surface area contributed by atoms with E-state index in [1.165, 1.54) is 11.3 Å². The highest BCUT2D eigenvalue weighted by atomic mass is 32.1. The van der Waals surface area contributed by atoms with E-state index >= 15 is 0 Å². The van der Waals surface area contributed by atoms with Crippen LogP contribution in [0.3, 0.4) is 0 Å². The lowest BCUT2D eigenvalue weighted by Gasteiger charge is -2.12. The number of hydrogen-bond donors (Lipinski definition) is 1. The summed E-state index contributed by atoms with van der Waals surface area (Å²) in [6.45, 7) is 3.96. The fourth-order valence-corrected chi connectivity index (χ4v) is 2.51. The minimum atomic E-state index is -0.546. The van der Waals surface area contributed by atoms with Crippen molar-refractivity contribution in [1.29, 1.82) is 0 Å². The maximum Gasteiger partial charge on any atom is 0.185 e. The molecule has 0 bridgehead atoms. The normalized spacial score (nSPS) is 12.4. The minimum Gasteiger partial charge on any atom is -0.317 e. The molecule has 0 saturated heterocycles. The van der Waals surface area contributed by atoms with Gasteiger partial charge in [0.05, 0.1) is 0 Å². The Morgan fingerprint density at radius 1 is 1.24 bits per heavy atom. The maximum absolute atomic E-state index is 12.3. The molecule has 88 valence electrons. The number of rotatable bonds is 3. The third-order valence-electron chi connectivity index (χ3n) is 3.00. The van der Waals surface area contributed by atoms with E-state index < -0.39 is 6.04 Å². The van der Waals surface area contributed by atoms with Crippen molar-refractivity contribution < 1.29 is 4.79 Å². The largest absolute Gasteiger partial charge is 0.317 e. The molecule has 2 rings (SSSR count). The molecule has 0 saturated carbocycles. The zero-order chi connectivity index (χ0) is 12.4. The number of Topliss-reactive ketones (excluding diaryl/α,β-unsaturated/α-hetero) is 1. The summed E-state index contributed by atoms with van der Waals surface area (Å²) in [5.74, 6) is -0.00588. The summed E-state index contributed by atoms with van der Waals surface area (Å²) in [7, 11) is 0. The number of aryl methyl sites for hydroxylation is 1. The van der Waals surface area contributed by atoms with Crippen molar-refractivity contribution >= 4 is 17.1 Å². The van der Waals surface area contributed by atoms with Gasteiger partial charge in [0.2, 0.25) is 0 Å². The van der Waals surface area contributed by atoms with Gasteiger partial charge in [-0.2, -0.15) is 0 Å². The fraction of sp³-hybridized carbons (Fsp3) is 0.214. The Kier molecular flexibility index (Phi) is 3.41. The molecule has 0 fully saturated rings. The van der Waals surface area contributed by atoms with Crippen molar-refractivity contribution in [1.82, 2.24) is 0 Å². The second-order valence-corrected chi connectivity index (χ2v) is 5.08. The third kappa shape index (κ3) is 2.30. The van der Waals surface area contributed by atoms with Crippen LogP contribution in [0, 0.1) is 13.8 Å². The molecule has 2 nitrogen and oxygen atoms in total. The molecule has 1 atom stereocenters. The summed E-state index contributed by atoms with van der Waals surface area (Å²) in [5.41, 5.74) is 8.86. The highest BCUT2D eigenvalue weighted by Gasteiger charge is 2.20. The number of thiophene rings is 1. The van der Waals surface area contributed by atoms with Crippen LogP contribution in [0.5, 0.6) is 0 Å². The molecule has 1 heterocycles. The molecule has 0 aliphatic heterocycles. The van der Waals surface area contributed by atoms with E-state index in [1.807, 2.05) is 49.6 Å². The summed E-state index contributed by atoms with van der Waals surface area (Å²) in [6.07, 6.45) is 0. The first-order valence-electron chi connectivity index (χ1n) is 5.50. The molecule has 2 N–H and O–H groups in total. The van der Waals surface area contributed by atoms with Gasteiger partial charge in [-0.25, -0.2) is 0 Å². The van der Waals surface area contributed by atoms with E-state index in [2.05, 4.69) is 0 Å². The predicted octanol–water partition coefficient (Wildman–Crippen LogP) is 3.25. The van der Waals surface area contributed by atoms with Crippen molar-refractivity contribution in [2.45, 2.75) is 19.9 Å². The predicted molar refractivity (Wildman–Crippen MR) is 71.5 cm³/mol. The number of carbonyl (C=O) groups excluding carboxylic acids is 1. The Labute approximate surface area is 105 Å². The molecule has 1 aromatic heterocycles. The number of carbonyl (C=O) groups is 1. The van der Waals surface area contributed by atoms with Gasteiger partial charge in [0.1, 0.15) is 6.04 Å². The lowest BCUT2D eigenvalue weighted by Crippen LogP contribution is -2.21. The van der Waals surface area contributed by atoms with Crippen molar-refractivity contribution in [3.05, 3.63) is 57.3 Å². The van der Waals surface area contributed by atoms with Gasteiger partial charge in [0.15, 0.2) is 5.78 Å². The second-order valence-electron chi connectivity index (χ2n) is 4.10. The van der Waals surface area contributed by atoms with Crippen molar-refractivity contribution in [3.63, 3.8) is 0 Å². The molecule has 3 heteroatoms. The van der Waals surface area contributed by atoms with Crippen LogP contribution in [-0.2, 0) is 0 Å². The average Bonchev–Trinajstić information content (AvgIpc) is 2.84. The molecule has 1 unspecified atom stereocenters. The monoisotopic (exact) mass is 245 g/mol. The van der Waals surface area contributed by atoms with Gasteiger partial charge in [0, 0.05) is 10.4 Å². The van der Waals surface area contributed by atoms with Crippen LogP contribution in [-0.4, -0.2) is 5.78 Å². The number of benzene rings is 1. The molecule has 0 aliphatic carbocycles. The first kappa shape index (κ1) is 12.0. The van der Waals surface area contributed by atoms with E-state index in [0.717, 1.165) is 21.6 Å². The summed E-state index contributed by atoms with van der Waals surface area (Å²) in [5, 5.41) is 1.94. The molecular weight excluding hydrogens is 230 g/mol. The van der Waals surface area contributed by atoms with Crippen molar-refractivity contribution in [3.8, 4) is 0 Å². The first-order valence-corrected chi connectivity index (χ1v) is 6.38. The highest BCUT2D eigenvalue weighted by molar-refractivity contribution is 7.10. The summed E-state index contributed by atoms with van der Waals surface area (Å²) in [4.78, 5) is 13.2. The third-order valence-corrected chi connectivity index (χ3v) is 3.96. The smallest absolute Gasteiger partial charge is 0.185 e. The fourth-order valence-electron chi connectivity index (χ4n) is 1.78. The number of nitrogens with two attached hydrogens (primary N) is 1. The molecule has 0 spiro atoms. The van der Waals surface area contributed by atoms with Crippen molar-refractivity contribution in [2.75, 3.05) is 0 Å². The Morgan fingerprint density at radius 3 is 2.65 bits per heavy atom. The molecule has 1 aromatic carbocycles. The van der Waals surface area contributed by atoms with Gasteiger partial charge >= 0.3 is 0 Å². The van der Waals surface area contributed by atoms with Crippen LogP contribution in [0.25, 0.3) is 0 Å². The number of hydrogen-bond acceptors (Lipinski definition) is 3. The SMILES string of the molecule is Cc1cccc(C(=O)C(N)c2cccs2)c1C. The zero-order valence-electron chi connectivity index (χ0n) is 9.94. The van der Waals surface area contributed by atoms with Crippen LogP contribution >= 0.6 is 11.3 Å².